The third-order valence-electron chi connectivity index (χ3n) is 4.64. The average Bonchev–Trinajstić information content (AvgIpc) is 3.15. The second kappa shape index (κ2) is 11.5. The van der Waals surface area contributed by atoms with Crippen molar-refractivity contribution >= 4 is 46.9 Å². The molecular weight excluding hydrogens is 446 g/mol. The predicted molar refractivity (Wildman–Crippen MR) is 129 cm³/mol. The molecule has 2 amide bonds. The summed E-state index contributed by atoms with van der Waals surface area (Å²) in [6.45, 7) is 2.30. The molecule has 1 aromatic heterocycles. The van der Waals surface area contributed by atoms with E-state index >= 15 is 0 Å². The third-order valence-corrected chi connectivity index (χ3v) is 6.01. The lowest BCUT2D eigenvalue weighted by atomic mass is 10.1. The van der Waals surface area contributed by atoms with E-state index in [0.717, 1.165) is 17.7 Å². The van der Waals surface area contributed by atoms with Crippen molar-refractivity contribution in [2.75, 3.05) is 11.1 Å². The number of aryl methyl sites for hydroxylation is 1. The lowest BCUT2D eigenvalue weighted by Crippen LogP contribution is -2.22. The molecule has 0 saturated heterocycles. The molecule has 3 rings (SSSR count). The van der Waals surface area contributed by atoms with Crippen molar-refractivity contribution in [3.63, 3.8) is 0 Å². The Morgan fingerprint density at radius 2 is 1.88 bits per heavy atom. The maximum Gasteiger partial charge on any atom is 0.244 e. The number of aromatic nitrogens is 3. The lowest BCUT2D eigenvalue weighted by molar-refractivity contribution is -0.116. The molecule has 1 heterocycles. The van der Waals surface area contributed by atoms with Crippen molar-refractivity contribution in [1.29, 1.82) is 0 Å². The van der Waals surface area contributed by atoms with Crippen molar-refractivity contribution < 1.29 is 9.59 Å². The first-order valence-electron chi connectivity index (χ1n) is 10.1. The standard InChI is InChI=1S/C23H24ClN5O2S/c1-3-16-8-11-18(12-9-16)26-22(31)15-32-23-28-27-20(29(23)2)14-25-21(30)13-10-17-6-4-5-7-19(17)24/h4-13H,3,14-15H2,1-2H3,(H,25,30)(H,26,31)/b13-10+. The van der Waals surface area contributed by atoms with Crippen LogP contribution in [0.4, 0.5) is 5.69 Å². The summed E-state index contributed by atoms with van der Waals surface area (Å²) >= 11 is 7.36. The van der Waals surface area contributed by atoms with Gasteiger partial charge in [-0.05, 0) is 41.8 Å². The van der Waals surface area contributed by atoms with Gasteiger partial charge in [0.2, 0.25) is 11.8 Å². The fraction of sp³-hybridized carbons (Fsp3) is 0.217. The summed E-state index contributed by atoms with van der Waals surface area (Å²) in [4.78, 5) is 24.3. The van der Waals surface area contributed by atoms with Crippen LogP contribution in [0.3, 0.4) is 0 Å². The van der Waals surface area contributed by atoms with Gasteiger partial charge in [-0.1, -0.05) is 60.6 Å². The fourth-order valence-electron chi connectivity index (χ4n) is 2.78. The minimum atomic E-state index is -0.268. The first-order chi connectivity index (χ1) is 15.5. The number of rotatable bonds is 9. The molecule has 0 atom stereocenters. The van der Waals surface area contributed by atoms with Crippen LogP contribution < -0.4 is 10.6 Å². The summed E-state index contributed by atoms with van der Waals surface area (Å²) in [5, 5.41) is 15.0. The largest absolute Gasteiger partial charge is 0.345 e. The van der Waals surface area contributed by atoms with E-state index in [9.17, 15) is 9.59 Å². The van der Waals surface area contributed by atoms with Gasteiger partial charge >= 0.3 is 0 Å². The second-order valence-corrected chi connectivity index (χ2v) is 8.27. The van der Waals surface area contributed by atoms with E-state index in [2.05, 4.69) is 27.8 Å². The Labute approximate surface area is 196 Å². The van der Waals surface area contributed by atoms with Crippen LogP contribution in [0.25, 0.3) is 6.08 Å². The summed E-state index contributed by atoms with van der Waals surface area (Å²) < 4.78 is 1.76. The van der Waals surface area contributed by atoms with E-state index in [1.54, 1.807) is 23.8 Å². The number of nitrogens with one attached hydrogen (secondary N) is 2. The van der Waals surface area contributed by atoms with Crippen LogP contribution in [0.1, 0.15) is 23.9 Å². The predicted octanol–water partition coefficient (Wildman–Crippen LogP) is 4.09. The minimum Gasteiger partial charge on any atom is -0.345 e. The van der Waals surface area contributed by atoms with Gasteiger partial charge in [0, 0.05) is 23.8 Å². The van der Waals surface area contributed by atoms with Crippen molar-refractivity contribution in [2.24, 2.45) is 7.05 Å². The van der Waals surface area contributed by atoms with Crippen LogP contribution in [0.5, 0.6) is 0 Å². The first kappa shape index (κ1) is 23.6. The second-order valence-electron chi connectivity index (χ2n) is 6.92. The van der Waals surface area contributed by atoms with Gasteiger partial charge in [0.15, 0.2) is 11.0 Å². The molecule has 0 unspecified atom stereocenters. The summed E-state index contributed by atoms with van der Waals surface area (Å²) in [5.41, 5.74) is 2.75. The zero-order valence-corrected chi connectivity index (χ0v) is 19.4. The smallest absolute Gasteiger partial charge is 0.244 e. The van der Waals surface area contributed by atoms with E-state index in [0.29, 0.717) is 16.0 Å². The minimum absolute atomic E-state index is 0.123. The molecule has 0 fully saturated rings. The number of amides is 2. The number of anilines is 1. The maximum atomic E-state index is 12.2. The molecule has 2 aromatic carbocycles. The Morgan fingerprint density at radius 1 is 1.12 bits per heavy atom. The number of thioether (sulfide) groups is 1. The number of carbonyl (C=O) groups is 2. The van der Waals surface area contributed by atoms with Crippen molar-refractivity contribution in [3.8, 4) is 0 Å². The van der Waals surface area contributed by atoms with Gasteiger partial charge in [0.05, 0.1) is 12.3 Å². The van der Waals surface area contributed by atoms with E-state index < -0.39 is 0 Å². The molecule has 9 heteroatoms. The Kier molecular flexibility index (Phi) is 8.47. The van der Waals surface area contributed by atoms with Gasteiger partial charge in [-0.15, -0.1) is 10.2 Å². The molecule has 0 radical (unpaired) electrons. The average molecular weight is 470 g/mol. The zero-order valence-electron chi connectivity index (χ0n) is 17.8. The maximum absolute atomic E-state index is 12.2. The van der Waals surface area contributed by atoms with E-state index in [1.807, 2.05) is 42.5 Å². The molecule has 0 bridgehead atoms. The molecule has 0 aliphatic rings. The highest BCUT2D eigenvalue weighted by Crippen LogP contribution is 2.18. The topological polar surface area (TPSA) is 88.9 Å². The SMILES string of the molecule is CCc1ccc(NC(=O)CSc2nnc(CNC(=O)/C=C/c3ccccc3Cl)n2C)cc1. The van der Waals surface area contributed by atoms with Crippen molar-refractivity contribution in [3.05, 3.63) is 76.6 Å². The van der Waals surface area contributed by atoms with Gasteiger partial charge in [-0.25, -0.2) is 0 Å². The Balaban J connectivity index is 1.47. The number of carbonyl (C=O) groups excluding carboxylic acids is 2. The molecule has 0 aliphatic heterocycles. The Bertz CT molecular complexity index is 1110. The molecule has 166 valence electrons. The highest BCUT2D eigenvalue weighted by atomic mass is 35.5. The quantitative estimate of drug-likeness (QED) is 0.364. The molecule has 0 aliphatic carbocycles. The molecular formula is C23H24ClN5O2S. The van der Waals surface area contributed by atoms with Crippen LogP contribution in [0.2, 0.25) is 5.02 Å². The highest BCUT2D eigenvalue weighted by molar-refractivity contribution is 7.99. The monoisotopic (exact) mass is 469 g/mol. The van der Waals surface area contributed by atoms with Crippen LogP contribution >= 0.6 is 23.4 Å². The summed E-state index contributed by atoms with van der Waals surface area (Å²) in [5.74, 6) is 0.397. The first-order valence-corrected chi connectivity index (χ1v) is 11.4. The van der Waals surface area contributed by atoms with Gasteiger partial charge in [-0.3, -0.25) is 9.59 Å². The molecule has 32 heavy (non-hydrogen) atoms. The highest BCUT2D eigenvalue weighted by Gasteiger charge is 2.12. The lowest BCUT2D eigenvalue weighted by Gasteiger charge is -2.06. The number of hydrogen-bond donors (Lipinski definition) is 2. The van der Waals surface area contributed by atoms with Crippen molar-refractivity contribution in [2.45, 2.75) is 25.0 Å². The fourth-order valence-corrected chi connectivity index (χ4v) is 3.71. The van der Waals surface area contributed by atoms with E-state index in [4.69, 9.17) is 11.6 Å². The number of hydrogen-bond acceptors (Lipinski definition) is 5. The summed E-state index contributed by atoms with van der Waals surface area (Å²) in [7, 11) is 1.80. The summed E-state index contributed by atoms with van der Waals surface area (Å²) in [6.07, 6.45) is 4.03. The van der Waals surface area contributed by atoms with Crippen LogP contribution in [-0.2, 0) is 29.6 Å². The van der Waals surface area contributed by atoms with Crippen LogP contribution in [0, 0.1) is 0 Å². The van der Waals surface area contributed by atoms with Gasteiger partial charge in [-0.2, -0.15) is 0 Å². The van der Waals surface area contributed by atoms with E-state index in [1.165, 1.54) is 23.4 Å². The Hall–Kier alpha value is -3.10. The van der Waals surface area contributed by atoms with E-state index in [-0.39, 0.29) is 24.1 Å². The Morgan fingerprint density at radius 3 is 2.59 bits per heavy atom. The van der Waals surface area contributed by atoms with Crippen LogP contribution in [0.15, 0.2) is 59.8 Å². The third kappa shape index (κ3) is 6.70. The zero-order chi connectivity index (χ0) is 22.9. The molecule has 7 nitrogen and oxygen atoms in total. The molecule has 2 N–H and O–H groups in total. The van der Waals surface area contributed by atoms with Gasteiger partial charge < -0.3 is 15.2 Å². The molecule has 3 aromatic rings. The summed E-state index contributed by atoms with van der Waals surface area (Å²) in [6, 6.07) is 15.1. The number of benzene rings is 2. The van der Waals surface area contributed by atoms with Gasteiger partial charge in [0.25, 0.3) is 0 Å². The number of nitrogens with zero attached hydrogens (tertiary/aromatic N) is 3. The molecule has 0 spiro atoms. The molecule has 0 saturated carbocycles. The van der Waals surface area contributed by atoms with Crippen LogP contribution in [-0.4, -0.2) is 32.3 Å². The van der Waals surface area contributed by atoms with Gasteiger partial charge in [0.1, 0.15) is 0 Å². The number of halogens is 1. The normalized spacial score (nSPS) is 11.0. The van der Waals surface area contributed by atoms with Crippen molar-refractivity contribution in [1.82, 2.24) is 20.1 Å².